The number of rotatable bonds is 3. The second kappa shape index (κ2) is 4.59. The van der Waals surface area contributed by atoms with Crippen LogP contribution in [0.1, 0.15) is 18.5 Å². The Bertz CT molecular complexity index is 545. The number of para-hydroxylation sites is 1. The van der Waals surface area contributed by atoms with Gasteiger partial charge in [-0.05, 0) is 6.07 Å². The van der Waals surface area contributed by atoms with Crippen LogP contribution in [-0.4, -0.2) is 22.2 Å². The number of nitrogens with zero attached hydrogens (tertiary/aromatic N) is 1. The first-order valence-corrected chi connectivity index (χ1v) is 5.55. The fourth-order valence-electron chi connectivity index (χ4n) is 2.12. The maximum absolute atomic E-state index is 11.1. The molecule has 0 spiro atoms. The Morgan fingerprint density at radius 2 is 2.18 bits per heavy atom. The van der Waals surface area contributed by atoms with Crippen LogP contribution in [0.2, 0.25) is 0 Å². The fourth-order valence-corrected chi connectivity index (χ4v) is 2.12. The van der Waals surface area contributed by atoms with Gasteiger partial charge in [0.05, 0.1) is 12.6 Å². The highest BCUT2D eigenvalue weighted by Crippen LogP contribution is 2.25. The first-order chi connectivity index (χ1) is 8.13. The minimum absolute atomic E-state index is 0.104. The first kappa shape index (κ1) is 11.7. The number of carbonyl (C=O) groups excluding carboxylic acids is 1. The molecule has 2 aromatic rings. The lowest BCUT2D eigenvalue weighted by atomic mass is 10.1. The van der Waals surface area contributed by atoms with Gasteiger partial charge in [0.2, 0.25) is 5.91 Å². The molecular weight excluding hydrogens is 216 g/mol. The van der Waals surface area contributed by atoms with E-state index in [-0.39, 0.29) is 18.6 Å². The molecule has 1 heterocycles. The van der Waals surface area contributed by atoms with Gasteiger partial charge >= 0.3 is 0 Å². The summed E-state index contributed by atoms with van der Waals surface area (Å²) in [4.78, 5) is 11.1. The van der Waals surface area contributed by atoms with Gasteiger partial charge in [-0.15, -0.1) is 0 Å². The third-order valence-electron chi connectivity index (χ3n) is 2.86. The molecule has 0 aliphatic carbocycles. The number of hydrogen-bond donors (Lipinski definition) is 2. The van der Waals surface area contributed by atoms with E-state index in [0.29, 0.717) is 0 Å². The van der Waals surface area contributed by atoms with Gasteiger partial charge in [0.15, 0.2) is 0 Å². The Hall–Kier alpha value is -1.81. The molecule has 0 aliphatic heterocycles. The smallest absolute Gasteiger partial charge is 0.217 e. The molecular formula is C13H16N2O2. The molecule has 0 saturated carbocycles. The van der Waals surface area contributed by atoms with E-state index in [1.165, 1.54) is 6.92 Å². The van der Waals surface area contributed by atoms with Crippen molar-refractivity contribution < 1.29 is 9.90 Å². The number of aliphatic hydroxyl groups excluding tert-OH is 1. The van der Waals surface area contributed by atoms with Crippen molar-refractivity contribution in [1.82, 2.24) is 9.88 Å². The van der Waals surface area contributed by atoms with Crippen LogP contribution in [0.15, 0.2) is 30.5 Å². The zero-order valence-electron chi connectivity index (χ0n) is 9.97. The third kappa shape index (κ3) is 2.17. The molecule has 4 nitrogen and oxygen atoms in total. The van der Waals surface area contributed by atoms with Gasteiger partial charge < -0.3 is 15.0 Å². The van der Waals surface area contributed by atoms with Crippen molar-refractivity contribution in [2.75, 3.05) is 6.61 Å². The molecule has 0 saturated heterocycles. The number of aromatic nitrogens is 1. The lowest BCUT2D eigenvalue weighted by molar-refractivity contribution is -0.120. The molecule has 0 bridgehead atoms. The molecule has 1 unspecified atom stereocenters. The summed E-state index contributed by atoms with van der Waals surface area (Å²) in [5.74, 6) is -0.142. The van der Waals surface area contributed by atoms with Crippen LogP contribution in [0.3, 0.4) is 0 Å². The Balaban J connectivity index is 2.50. The Morgan fingerprint density at radius 3 is 2.82 bits per heavy atom. The van der Waals surface area contributed by atoms with E-state index < -0.39 is 0 Å². The van der Waals surface area contributed by atoms with Crippen LogP contribution in [0.5, 0.6) is 0 Å². The van der Waals surface area contributed by atoms with Gasteiger partial charge in [-0.2, -0.15) is 0 Å². The highest BCUT2D eigenvalue weighted by molar-refractivity contribution is 5.85. The van der Waals surface area contributed by atoms with E-state index in [1.54, 1.807) is 0 Å². The SMILES string of the molecule is CC(=O)NC(CO)c1cn(C)c2ccccc12. The fraction of sp³-hybridized carbons (Fsp3) is 0.308. The van der Waals surface area contributed by atoms with Gasteiger partial charge in [-0.3, -0.25) is 4.79 Å². The summed E-state index contributed by atoms with van der Waals surface area (Å²) in [5, 5.41) is 13.2. The summed E-state index contributed by atoms with van der Waals surface area (Å²) in [6.45, 7) is 1.35. The maximum atomic E-state index is 11.1. The summed E-state index contributed by atoms with van der Waals surface area (Å²) >= 11 is 0. The number of nitrogens with one attached hydrogen (secondary N) is 1. The predicted octanol–water partition coefficient (Wildman–Crippen LogP) is 1.35. The molecule has 90 valence electrons. The minimum atomic E-state index is -0.349. The number of fused-ring (bicyclic) bond motifs is 1. The van der Waals surface area contributed by atoms with E-state index >= 15 is 0 Å². The third-order valence-corrected chi connectivity index (χ3v) is 2.86. The van der Waals surface area contributed by atoms with E-state index in [0.717, 1.165) is 16.5 Å². The minimum Gasteiger partial charge on any atom is -0.394 e. The zero-order valence-corrected chi connectivity index (χ0v) is 9.97. The van der Waals surface area contributed by atoms with Crippen LogP contribution >= 0.6 is 0 Å². The summed E-state index contributed by atoms with van der Waals surface area (Å²) in [6.07, 6.45) is 1.95. The average molecular weight is 232 g/mol. The van der Waals surface area contributed by atoms with E-state index in [1.807, 2.05) is 42.1 Å². The molecule has 4 heteroatoms. The van der Waals surface area contributed by atoms with Crippen LogP contribution in [0.4, 0.5) is 0 Å². The lowest BCUT2D eigenvalue weighted by Gasteiger charge is -2.14. The first-order valence-electron chi connectivity index (χ1n) is 5.55. The van der Waals surface area contributed by atoms with Crippen molar-refractivity contribution in [2.45, 2.75) is 13.0 Å². The van der Waals surface area contributed by atoms with E-state index in [9.17, 15) is 9.90 Å². The number of hydrogen-bond acceptors (Lipinski definition) is 2. The predicted molar refractivity (Wildman–Crippen MR) is 66.6 cm³/mol. The molecule has 1 aromatic carbocycles. The number of amides is 1. The van der Waals surface area contributed by atoms with Gasteiger partial charge in [-0.1, -0.05) is 18.2 Å². The lowest BCUT2D eigenvalue weighted by Crippen LogP contribution is -2.28. The summed E-state index contributed by atoms with van der Waals surface area (Å²) < 4.78 is 2.00. The quantitative estimate of drug-likeness (QED) is 0.839. The summed E-state index contributed by atoms with van der Waals surface area (Å²) in [6, 6.07) is 7.58. The Kier molecular flexibility index (Phi) is 3.15. The zero-order chi connectivity index (χ0) is 12.4. The number of aliphatic hydroxyl groups is 1. The van der Waals surface area contributed by atoms with Crippen LogP contribution in [-0.2, 0) is 11.8 Å². The molecule has 0 radical (unpaired) electrons. The second-order valence-electron chi connectivity index (χ2n) is 4.15. The Labute approximate surface area is 99.9 Å². The van der Waals surface area contributed by atoms with E-state index in [2.05, 4.69) is 5.32 Å². The normalized spacial score (nSPS) is 12.6. The molecule has 1 amide bonds. The topological polar surface area (TPSA) is 54.3 Å². The van der Waals surface area contributed by atoms with Crippen molar-refractivity contribution in [3.8, 4) is 0 Å². The average Bonchev–Trinajstić information content (AvgIpc) is 2.64. The highest BCUT2D eigenvalue weighted by Gasteiger charge is 2.16. The molecule has 2 N–H and O–H groups in total. The van der Waals surface area contributed by atoms with Crippen LogP contribution in [0, 0.1) is 0 Å². The van der Waals surface area contributed by atoms with Crippen LogP contribution in [0.25, 0.3) is 10.9 Å². The molecule has 0 fully saturated rings. The van der Waals surface area contributed by atoms with Crippen molar-refractivity contribution in [2.24, 2.45) is 7.05 Å². The standard InChI is InChI=1S/C13H16N2O2/c1-9(17)14-12(8-16)11-7-15(2)13-6-4-3-5-10(11)13/h3-7,12,16H,8H2,1-2H3,(H,14,17). The van der Waals surface area contributed by atoms with Crippen molar-refractivity contribution >= 4 is 16.8 Å². The second-order valence-corrected chi connectivity index (χ2v) is 4.15. The van der Waals surface area contributed by atoms with Crippen molar-refractivity contribution in [3.63, 3.8) is 0 Å². The van der Waals surface area contributed by atoms with Crippen molar-refractivity contribution in [3.05, 3.63) is 36.0 Å². The number of carbonyl (C=O) groups is 1. The largest absolute Gasteiger partial charge is 0.394 e. The molecule has 0 aliphatic rings. The van der Waals surface area contributed by atoms with Crippen molar-refractivity contribution in [1.29, 1.82) is 0 Å². The summed E-state index contributed by atoms with van der Waals surface area (Å²) in [7, 11) is 1.95. The number of benzene rings is 1. The summed E-state index contributed by atoms with van der Waals surface area (Å²) in [5.41, 5.74) is 2.03. The van der Waals surface area contributed by atoms with Gasteiger partial charge in [0, 0.05) is 36.6 Å². The molecule has 1 atom stereocenters. The molecule has 1 aromatic heterocycles. The Morgan fingerprint density at radius 1 is 1.47 bits per heavy atom. The van der Waals surface area contributed by atoms with Gasteiger partial charge in [-0.25, -0.2) is 0 Å². The molecule has 2 rings (SSSR count). The highest BCUT2D eigenvalue weighted by atomic mass is 16.3. The van der Waals surface area contributed by atoms with E-state index in [4.69, 9.17) is 0 Å². The van der Waals surface area contributed by atoms with Gasteiger partial charge in [0.25, 0.3) is 0 Å². The monoisotopic (exact) mass is 232 g/mol. The van der Waals surface area contributed by atoms with Gasteiger partial charge in [0.1, 0.15) is 0 Å². The molecule has 17 heavy (non-hydrogen) atoms. The van der Waals surface area contributed by atoms with Crippen LogP contribution < -0.4 is 5.32 Å². The number of aryl methyl sites for hydroxylation is 1. The maximum Gasteiger partial charge on any atom is 0.217 e.